The lowest BCUT2D eigenvalue weighted by Gasteiger charge is -2.25. The van der Waals surface area contributed by atoms with E-state index in [0.29, 0.717) is 12.0 Å². The molecule has 1 aromatic rings. The van der Waals surface area contributed by atoms with Crippen molar-refractivity contribution in [3.8, 4) is 5.75 Å². The fraction of sp³-hybridized carbons (Fsp3) is 0.647. The van der Waals surface area contributed by atoms with Crippen LogP contribution in [-0.2, 0) is 6.42 Å². The van der Waals surface area contributed by atoms with Gasteiger partial charge in [-0.05, 0) is 61.4 Å². The van der Waals surface area contributed by atoms with Crippen LogP contribution in [0, 0.1) is 0 Å². The predicted molar refractivity (Wildman–Crippen MR) is 81.0 cm³/mol. The van der Waals surface area contributed by atoms with E-state index in [0.717, 1.165) is 12.3 Å². The van der Waals surface area contributed by atoms with Gasteiger partial charge in [-0.3, -0.25) is 0 Å². The summed E-state index contributed by atoms with van der Waals surface area (Å²) in [4.78, 5) is 0. The average Bonchev–Trinajstić information content (AvgIpc) is 2.86. The van der Waals surface area contributed by atoms with Crippen molar-refractivity contribution in [3.05, 3.63) is 29.3 Å². The summed E-state index contributed by atoms with van der Waals surface area (Å²) in [6, 6.07) is 7.22. The standard InChI is InChI=1S/C17H27NO/c1-4-6-17(18-11-5-2)15-10-8-13-7-9-14(19-3)12-16(13)15/h7,9,12,15,17-18H,4-6,8,10-11H2,1-3H3. The largest absolute Gasteiger partial charge is 0.497 e. The van der Waals surface area contributed by atoms with E-state index in [2.05, 4.69) is 37.4 Å². The van der Waals surface area contributed by atoms with E-state index >= 15 is 0 Å². The summed E-state index contributed by atoms with van der Waals surface area (Å²) in [7, 11) is 1.75. The monoisotopic (exact) mass is 261 g/mol. The van der Waals surface area contributed by atoms with Gasteiger partial charge in [0.1, 0.15) is 5.75 Å². The van der Waals surface area contributed by atoms with Gasteiger partial charge in [0.2, 0.25) is 0 Å². The third-order valence-corrected chi connectivity index (χ3v) is 4.22. The van der Waals surface area contributed by atoms with Crippen LogP contribution >= 0.6 is 0 Å². The number of benzene rings is 1. The van der Waals surface area contributed by atoms with E-state index in [9.17, 15) is 0 Å². The molecule has 2 atom stereocenters. The Morgan fingerprint density at radius 3 is 2.84 bits per heavy atom. The zero-order valence-electron chi connectivity index (χ0n) is 12.5. The first-order valence-electron chi connectivity index (χ1n) is 7.70. The summed E-state index contributed by atoms with van der Waals surface area (Å²) < 4.78 is 5.39. The lowest BCUT2D eigenvalue weighted by atomic mass is 9.90. The molecule has 0 spiro atoms. The van der Waals surface area contributed by atoms with Gasteiger partial charge in [-0.15, -0.1) is 0 Å². The predicted octanol–water partition coefficient (Wildman–Crippen LogP) is 3.89. The van der Waals surface area contributed by atoms with Crippen LogP contribution in [0.25, 0.3) is 0 Å². The Morgan fingerprint density at radius 2 is 2.16 bits per heavy atom. The van der Waals surface area contributed by atoms with E-state index in [-0.39, 0.29) is 0 Å². The zero-order valence-corrected chi connectivity index (χ0v) is 12.5. The SMILES string of the molecule is CCCNC(CCC)C1CCc2ccc(OC)cc21. The molecular formula is C17H27NO. The van der Waals surface area contributed by atoms with Crippen LogP contribution in [0.5, 0.6) is 5.75 Å². The van der Waals surface area contributed by atoms with Crippen molar-refractivity contribution < 1.29 is 4.74 Å². The number of nitrogens with one attached hydrogen (secondary N) is 1. The van der Waals surface area contributed by atoms with Crippen LogP contribution in [0.2, 0.25) is 0 Å². The number of ether oxygens (including phenoxy) is 1. The fourth-order valence-corrected chi connectivity index (χ4v) is 3.24. The third kappa shape index (κ3) is 3.30. The maximum absolute atomic E-state index is 5.39. The lowest BCUT2D eigenvalue weighted by molar-refractivity contribution is 0.397. The molecule has 0 heterocycles. The molecule has 0 fully saturated rings. The number of hydrogen-bond acceptors (Lipinski definition) is 2. The van der Waals surface area contributed by atoms with E-state index in [1.807, 2.05) is 0 Å². The first kappa shape index (κ1) is 14.4. The van der Waals surface area contributed by atoms with Gasteiger partial charge < -0.3 is 10.1 Å². The molecule has 0 saturated heterocycles. The fourth-order valence-electron chi connectivity index (χ4n) is 3.24. The van der Waals surface area contributed by atoms with Crippen molar-refractivity contribution >= 4 is 0 Å². The molecule has 2 nitrogen and oxygen atoms in total. The van der Waals surface area contributed by atoms with Crippen LogP contribution < -0.4 is 10.1 Å². The molecule has 2 unspecified atom stereocenters. The normalized spacial score (nSPS) is 19.2. The summed E-state index contributed by atoms with van der Waals surface area (Å²) in [6.45, 7) is 5.64. The molecule has 106 valence electrons. The third-order valence-electron chi connectivity index (χ3n) is 4.22. The maximum atomic E-state index is 5.39. The summed E-state index contributed by atoms with van der Waals surface area (Å²) in [5.74, 6) is 1.66. The molecule has 0 amide bonds. The molecule has 0 radical (unpaired) electrons. The van der Waals surface area contributed by atoms with E-state index < -0.39 is 0 Å². The molecule has 19 heavy (non-hydrogen) atoms. The van der Waals surface area contributed by atoms with Crippen molar-refractivity contribution in [1.29, 1.82) is 0 Å². The van der Waals surface area contributed by atoms with Crippen molar-refractivity contribution in [3.63, 3.8) is 0 Å². The van der Waals surface area contributed by atoms with E-state index in [4.69, 9.17) is 4.74 Å². The van der Waals surface area contributed by atoms with E-state index in [1.165, 1.54) is 43.2 Å². The highest BCUT2D eigenvalue weighted by Crippen LogP contribution is 2.38. The quantitative estimate of drug-likeness (QED) is 0.804. The summed E-state index contributed by atoms with van der Waals surface area (Å²) in [5.41, 5.74) is 3.03. The second-order valence-corrected chi connectivity index (χ2v) is 5.56. The minimum absolute atomic E-state index is 0.623. The van der Waals surface area contributed by atoms with Crippen molar-refractivity contribution in [2.75, 3.05) is 13.7 Å². The number of methoxy groups -OCH3 is 1. The van der Waals surface area contributed by atoms with Gasteiger partial charge in [-0.2, -0.15) is 0 Å². The minimum atomic E-state index is 0.623. The Kier molecular flexibility index (Phi) is 5.26. The zero-order chi connectivity index (χ0) is 13.7. The van der Waals surface area contributed by atoms with Crippen LogP contribution in [-0.4, -0.2) is 19.7 Å². The molecule has 0 saturated carbocycles. The Morgan fingerprint density at radius 1 is 1.32 bits per heavy atom. The molecule has 1 aliphatic carbocycles. The topological polar surface area (TPSA) is 21.3 Å². The minimum Gasteiger partial charge on any atom is -0.497 e. The van der Waals surface area contributed by atoms with Gasteiger partial charge >= 0.3 is 0 Å². The average molecular weight is 261 g/mol. The first-order chi connectivity index (χ1) is 9.30. The Labute approximate surface area is 117 Å². The Balaban J connectivity index is 2.17. The van der Waals surface area contributed by atoms with Gasteiger partial charge in [0, 0.05) is 6.04 Å². The Hall–Kier alpha value is -1.02. The van der Waals surface area contributed by atoms with Gasteiger partial charge in [0.25, 0.3) is 0 Å². The van der Waals surface area contributed by atoms with Crippen LogP contribution in [0.4, 0.5) is 0 Å². The number of rotatable bonds is 7. The van der Waals surface area contributed by atoms with Gasteiger partial charge in [0.15, 0.2) is 0 Å². The highest BCUT2D eigenvalue weighted by molar-refractivity contribution is 5.42. The first-order valence-corrected chi connectivity index (χ1v) is 7.70. The van der Waals surface area contributed by atoms with Crippen molar-refractivity contribution in [2.24, 2.45) is 0 Å². The number of fused-ring (bicyclic) bond motifs is 1. The number of aryl methyl sites for hydroxylation is 1. The van der Waals surface area contributed by atoms with Crippen molar-refractivity contribution in [2.45, 2.75) is 57.9 Å². The maximum Gasteiger partial charge on any atom is 0.119 e. The van der Waals surface area contributed by atoms with Gasteiger partial charge in [-0.1, -0.05) is 26.3 Å². The Bertz CT molecular complexity index is 402. The molecule has 2 rings (SSSR count). The highest BCUT2D eigenvalue weighted by Gasteiger charge is 2.29. The molecule has 1 aliphatic rings. The molecular weight excluding hydrogens is 234 g/mol. The molecule has 2 heteroatoms. The van der Waals surface area contributed by atoms with Crippen LogP contribution in [0.1, 0.15) is 56.6 Å². The second-order valence-electron chi connectivity index (χ2n) is 5.56. The van der Waals surface area contributed by atoms with Crippen LogP contribution in [0.3, 0.4) is 0 Å². The smallest absolute Gasteiger partial charge is 0.119 e. The second kappa shape index (κ2) is 6.95. The molecule has 0 bridgehead atoms. The number of hydrogen-bond donors (Lipinski definition) is 1. The summed E-state index contributed by atoms with van der Waals surface area (Å²) in [6.07, 6.45) is 6.22. The molecule has 1 aromatic carbocycles. The molecule has 1 N–H and O–H groups in total. The van der Waals surface area contributed by atoms with E-state index in [1.54, 1.807) is 7.11 Å². The lowest BCUT2D eigenvalue weighted by Crippen LogP contribution is -2.34. The highest BCUT2D eigenvalue weighted by atomic mass is 16.5. The van der Waals surface area contributed by atoms with Gasteiger partial charge in [-0.25, -0.2) is 0 Å². The van der Waals surface area contributed by atoms with Gasteiger partial charge in [0.05, 0.1) is 7.11 Å². The van der Waals surface area contributed by atoms with Crippen molar-refractivity contribution in [1.82, 2.24) is 5.32 Å². The summed E-state index contributed by atoms with van der Waals surface area (Å²) in [5, 5.41) is 3.75. The van der Waals surface area contributed by atoms with Crippen LogP contribution in [0.15, 0.2) is 18.2 Å². The molecule has 0 aromatic heterocycles. The molecule has 0 aliphatic heterocycles. The summed E-state index contributed by atoms with van der Waals surface area (Å²) >= 11 is 0.